The maximum atomic E-state index is 12.8. The highest BCUT2D eigenvalue weighted by molar-refractivity contribution is 6.31. The van der Waals surface area contributed by atoms with E-state index in [1.165, 1.54) is 5.56 Å². The Morgan fingerprint density at radius 1 is 1.25 bits per heavy atom. The first-order chi connectivity index (χ1) is 9.70. The number of ketones is 1. The lowest BCUT2D eigenvalue weighted by molar-refractivity contribution is 0.0956. The molecule has 2 aromatic rings. The van der Waals surface area contributed by atoms with E-state index < -0.39 is 0 Å². The summed E-state index contributed by atoms with van der Waals surface area (Å²) < 4.78 is 5.29. The molecular formula is C17H15ClO2. The molecule has 2 aromatic carbocycles. The molecular weight excluding hydrogens is 272 g/mol. The number of carbonyl (C=O) groups excluding carboxylic acids is 1. The first-order valence-corrected chi connectivity index (χ1v) is 7.04. The minimum Gasteiger partial charge on any atom is -0.496 e. The molecule has 0 aliphatic heterocycles. The van der Waals surface area contributed by atoms with E-state index in [0.29, 0.717) is 16.3 Å². The van der Waals surface area contributed by atoms with E-state index in [1.807, 2.05) is 18.2 Å². The van der Waals surface area contributed by atoms with Crippen molar-refractivity contribution in [1.82, 2.24) is 0 Å². The van der Waals surface area contributed by atoms with Crippen molar-refractivity contribution < 1.29 is 9.53 Å². The van der Waals surface area contributed by atoms with E-state index in [9.17, 15) is 4.79 Å². The van der Waals surface area contributed by atoms with Crippen LogP contribution in [0.15, 0.2) is 42.5 Å². The summed E-state index contributed by atoms with van der Waals surface area (Å²) in [6, 6.07) is 13.3. The number of ether oxygens (including phenoxy) is 1. The molecule has 0 N–H and O–H groups in total. The molecule has 0 spiro atoms. The number of Topliss-reactive ketones (excluding diaryl/α,β-unsaturated/α-hetero) is 1. The lowest BCUT2D eigenvalue weighted by atomic mass is 9.92. The predicted octanol–water partition coefficient (Wildman–Crippen LogP) is 4.26. The molecule has 0 amide bonds. The molecule has 102 valence electrons. The Morgan fingerprint density at radius 2 is 2.05 bits per heavy atom. The lowest BCUT2D eigenvalue weighted by Crippen LogP contribution is -2.11. The Hall–Kier alpha value is -1.80. The zero-order valence-corrected chi connectivity index (χ0v) is 12.0. The maximum Gasteiger partial charge on any atom is 0.174 e. The molecule has 0 saturated heterocycles. The zero-order chi connectivity index (χ0) is 14.1. The highest BCUT2D eigenvalue weighted by Gasteiger charge is 2.30. The zero-order valence-electron chi connectivity index (χ0n) is 11.2. The molecule has 2 nitrogen and oxygen atoms in total. The molecule has 0 aromatic heterocycles. The molecule has 1 unspecified atom stereocenters. The normalized spacial score (nSPS) is 16.8. The fraction of sp³-hybridized carbons (Fsp3) is 0.235. The molecule has 3 rings (SSSR count). The van der Waals surface area contributed by atoms with Crippen LogP contribution < -0.4 is 4.74 Å². The number of hydrogen-bond acceptors (Lipinski definition) is 2. The van der Waals surface area contributed by atoms with Gasteiger partial charge < -0.3 is 4.74 Å². The minimum absolute atomic E-state index is 0.0847. The fourth-order valence-corrected chi connectivity index (χ4v) is 3.06. The molecule has 1 atom stereocenters. The van der Waals surface area contributed by atoms with Gasteiger partial charge in [0.05, 0.1) is 12.7 Å². The van der Waals surface area contributed by atoms with Crippen LogP contribution >= 0.6 is 11.6 Å². The number of aryl methyl sites for hydroxylation is 1. The van der Waals surface area contributed by atoms with Crippen LogP contribution in [-0.2, 0) is 6.42 Å². The van der Waals surface area contributed by atoms with Crippen LogP contribution in [0.25, 0.3) is 0 Å². The summed E-state index contributed by atoms with van der Waals surface area (Å²) in [5, 5.41) is 0.556. The summed E-state index contributed by atoms with van der Waals surface area (Å²) in [7, 11) is 1.57. The molecule has 0 fully saturated rings. The van der Waals surface area contributed by atoms with E-state index >= 15 is 0 Å². The molecule has 1 aliphatic rings. The van der Waals surface area contributed by atoms with Gasteiger partial charge in [-0.05, 0) is 42.2 Å². The average molecular weight is 287 g/mol. The van der Waals surface area contributed by atoms with Gasteiger partial charge in [-0.15, -0.1) is 0 Å². The van der Waals surface area contributed by atoms with Crippen LogP contribution in [0.2, 0.25) is 5.02 Å². The molecule has 1 aliphatic carbocycles. The maximum absolute atomic E-state index is 12.8. The second-order valence-corrected chi connectivity index (χ2v) is 5.44. The van der Waals surface area contributed by atoms with Gasteiger partial charge in [-0.2, -0.15) is 0 Å². The van der Waals surface area contributed by atoms with Crippen LogP contribution in [0.1, 0.15) is 33.8 Å². The van der Waals surface area contributed by atoms with Gasteiger partial charge in [-0.25, -0.2) is 0 Å². The fourth-order valence-electron chi connectivity index (χ4n) is 2.89. The summed E-state index contributed by atoms with van der Waals surface area (Å²) in [6.07, 6.45) is 1.81. The Kier molecular flexibility index (Phi) is 3.49. The predicted molar refractivity (Wildman–Crippen MR) is 79.8 cm³/mol. The third kappa shape index (κ3) is 2.20. The van der Waals surface area contributed by atoms with Crippen molar-refractivity contribution in [3.8, 4) is 5.75 Å². The second-order valence-electron chi connectivity index (χ2n) is 5.00. The molecule has 0 heterocycles. The summed E-state index contributed by atoms with van der Waals surface area (Å²) in [5.41, 5.74) is 2.98. The van der Waals surface area contributed by atoms with Gasteiger partial charge in [0, 0.05) is 10.9 Å². The van der Waals surface area contributed by atoms with E-state index in [1.54, 1.807) is 25.3 Å². The number of carbonyl (C=O) groups is 1. The van der Waals surface area contributed by atoms with Crippen LogP contribution in [0.4, 0.5) is 0 Å². The quantitative estimate of drug-likeness (QED) is 0.788. The first kappa shape index (κ1) is 13.2. The third-order valence-corrected chi connectivity index (χ3v) is 4.11. The average Bonchev–Trinajstić information content (AvgIpc) is 2.90. The highest BCUT2D eigenvalue weighted by atomic mass is 35.5. The Labute approximate surface area is 123 Å². The van der Waals surface area contributed by atoms with Crippen LogP contribution in [0.5, 0.6) is 5.75 Å². The standard InChI is InChI=1S/C17H15ClO2/c1-20-16-9-7-12(18)10-15(16)17(19)14-8-6-11-4-2-3-5-13(11)14/h2-5,7,9-10,14H,6,8H2,1H3. The Morgan fingerprint density at radius 3 is 2.85 bits per heavy atom. The van der Waals surface area contributed by atoms with Crippen LogP contribution in [0.3, 0.4) is 0 Å². The number of methoxy groups -OCH3 is 1. The number of halogens is 1. The monoisotopic (exact) mass is 286 g/mol. The van der Waals surface area contributed by atoms with Crippen LogP contribution in [0, 0.1) is 0 Å². The smallest absolute Gasteiger partial charge is 0.174 e. The van der Waals surface area contributed by atoms with E-state index in [-0.39, 0.29) is 11.7 Å². The van der Waals surface area contributed by atoms with E-state index in [4.69, 9.17) is 16.3 Å². The van der Waals surface area contributed by atoms with Gasteiger partial charge >= 0.3 is 0 Å². The number of fused-ring (bicyclic) bond motifs is 1. The third-order valence-electron chi connectivity index (χ3n) is 3.88. The number of rotatable bonds is 3. The molecule has 3 heteroatoms. The molecule has 0 bridgehead atoms. The van der Waals surface area contributed by atoms with Gasteiger partial charge in [-0.3, -0.25) is 4.79 Å². The van der Waals surface area contributed by atoms with Crippen molar-refractivity contribution in [1.29, 1.82) is 0 Å². The van der Waals surface area contributed by atoms with E-state index in [0.717, 1.165) is 18.4 Å². The summed E-state index contributed by atoms with van der Waals surface area (Å²) in [5.74, 6) is 0.594. The summed E-state index contributed by atoms with van der Waals surface area (Å²) >= 11 is 6.02. The Bertz CT molecular complexity index is 664. The van der Waals surface area contributed by atoms with Gasteiger partial charge in [0.2, 0.25) is 0 Å². The molecule has 20 heavy (non-hydrogen) atoms. The Balaban J connectivity index is 2.00. The molecule has 0 saturated carbocycles. The minimum atomic E-state index is -0.0847. The van der Waals surface area contributed by atoms with Crippen LogP contribution in [-0.4, -0.2) is 12.9 Å². The van der Waals surface area contributed by atoms with Crippen molar-refractivity contribution in [3.63, 3.8) is 0 Å². The summed E-state index contributed by atoms with van der Waals surface area (Å²) in [4.78, 5) is 12.8. The van der Waals surface area contributed by atoms with Crippen molar-refractivity contribution in [2.45, 2.75) is 18.8 Å². The highest BCUT2D eigenvalue weighted by Crippen LogP contribution is 2.37. The molecule has 0 radical (unpaired) electrons. The largest absolute Gasteiger partial charge is 0.496 e. The van der Waals surface area contributed by atoms with Crippen molar-refractivity contribution in [2.24, 2.45) is 0 Å². The van der Waals surface area contributed by atoms with Gasteiger partial charge in [0.25, 0.3) is 0 Å². The van der Waals surface area contributed by atoms with Gasteiger partial charge in [-0.1, -0.05) is 35.9 Å². The topological polar surface area (TPSA) is 26.3 Å². The second kappa shape index (κ2) is 5.29. The number of benzene rings is 2. The van der Waals surface area contributed by atoms with Gasteiger partial charge in [0.1, 0.15) is 5.75 Å². The van der Waals surface area contributed by atoms with Crippen molar-refractivity contribution in [2.75, 3.05) is 7.11 Å². The lowest BCUT2D eigenvalue weighted by Gasteiger charge is -2.13. The first-order valence-electron chi connectivity index (χ1n) is 6.66. The summed E-state index contributed by atoms with van der Waals surface area (Å²) in [6.45, 7) is 0. The van der Waals surface area contributed by atoms with Crippen molar-refractivity contribution >= 4 is 17.4 Å². The number of hydrogen-bond donors (Lipinski definition) is 0. The van der Waals surface area contributed by atoms with Gasteiger partial charge in [0.15, 0.2) is 5.78 Å². The van der Waals surface area contributed by atoms with E-state index in [2.05, 4.69) is 6.07 Å². The van der Waals surface area contributed by atoms with Crippen molar-refractivity contribution in [3.05, 3.63) is 64.2 Å². The SMILES string of the molecule is COc1ccc(Cl)cc1C(=O)C1CCc2ccccc21.